The molecule has 0 aromatic carbocycles. The van der Waals surface area contributed by atoms with Gasteiger partial charge in [-0.2, -0.15) is 5.48 Å². The Bertz CT molecular complexity index is 70.6. The number of hydroxylamine groups is 1. The van der Waals surface area contributed by atoms with E-state index in [0.29, 0.717) is 0 Å². The van der Waals surface area contributed by atoms with Gasteiger partial charge >= 0.3 is 0 Å². The molecule has 0 amide bonds. The van der Waals surface area contributed by atoms with Crippen LogP contribution < -0.4 is 5.48 Å². The average Bonchev–Trinajstić information content (AvgIpc) is 1.62. The van der Waals surface area contributed by atoms with Gasteiger partial charge in [-0.25, -0.2) is 0 Å². The van der Waals surface area contributed by atoms with Crippen LogP contribution in [0.3, 0.4) is 0 Å². The van der Waals surface area contributed by atoms with Crippen LogP contribution in [0, 0.1) is 0 Å². The minimum absolute atomic E-state index is 0.977. The molecule has 2 heteroatoms. The van der Waals surface area contributed by atoms with Crippen molar-refractivity contribution in [3.63, 3.8) is 0 Å². The highest BCUT2D eigenvalue weighted by Crippen LogP contribution is 1.97. The second-order valence-corrected chi connectivity index (χ2v) is 1.88. The largest absolute Gasteiger partial charge is 0.417 e. The van der Waals surface area contributed by atoms with Crippen molar-refractivity contribution in [3.05, 3.63) is 12.3 Å². The highest BCUT2D eigenvalue weighted by Gasteiger charge is 1.88. The topological polar surface area (TPSA) is 21.3 Å². The molecule has 0 aromatic rings. The predicted octanol–water partition coefficient (Wildman–Crippen LogP) is 1.21. The Labute approximate surface area is 49.5 Å². The van der Waals surface area contributed by atoms with Crippen LogP contribution in [0.5, 0.6) is 0 Å². The summed E-state index contributed by atoms with van der Waals surface area (Å²) in [7, 11) is 0. The van der Waals surface area contributed by atoms with Gasteiger partial charge in [0.25, 0.3) is 0 Å². The summed E-state index contributed by atoms with van der Waals surface area (Å²) in [5.41, 5.74) is 2.80. The summed E-state index contributed by atoms with van der Waals surface area (Å²) in [4.78, 5) is 4.84. The highest BCUT2D eigenvalue weighted by atomic mass is 16.6. The maximum Gasteiger partial charge on any atom is 0.107 e. The minimum Gasteiger partial charge on any atom is -0.417 e. The van der Waals surface area contributed by atoms with Gasteiger partial charge in [-0.3, -0.25) is 0 Å². The van der Waals surface area contributed by atoms with Crippen LogP contribution in [-0.2, 0) is 4.84 Å². The van der Waals surface area contributed by atoms with Crippen molar-refractivity contribution in [1.29, 1.82) is 0 Å². The van der Waals surface area contributed by atoms with E-state index < -0.39 is 0 Å². The Hall–Kier alpha value is -0.500. The van der Waals surface area contributed by atoms with E-state index in [2.05, 4.69) is 5.48 Å². The van der Waals surface area contributed by atoms with Crippen LogP contribution in [0.1, 0.15) is 19.3 Å². The van der Waals surface area contributed by atoms with Crippen LogP contribution in [-0.4, -0.2) is 6.54 Å². The molecule has 0 radical (unpaired) electrons. The minimum atomic E-state index is 0.977. The molecule has 1 aliphatic heterocycles. The Kier molecular flexibility index (Phi) is 2.46. The maximum atomic E-state index is 4.84. The summed E-state index contributed by atoms with van der Waals surface area (Å²) >= 11 is 0. The van der Waals surface area contributed by atoms with E-state index in [1.54, 1.807) is 6.26 Å². The number of nitrogens with one attached hydrogen (secondary N) is 1. The fourth-order valence-electron chi connectivity index (χ4n) is 0.683. The summed E-state index contributed by atoms with van der Waals surface area (Å²) < 4.78 is 0. The lowest BCUT2D eigenvalue weighted by Crippen LogP contribution is -2.13. The molecule has 0 saturated heterocycles. The summed E-state index contributed by atoms with van der Waals surface area (Å²) in [6, 6.07) is 0. The first-order valence-electron chi connectivity index (χ1n) is 3.03. The summed E-state index contributed by atoms with van der Waals surface area (Å²) in [5.74, 6) is 0. The molecular weight excluding hydrogens is 102 g/mol. The monoisotopic (exact) mass is 113 g/mol. The molecular formula is C6H11NO. The zero-order valence-electron chi connectivity index (χ0n) is 4.89. The lowest BCUT2D eigenvalue weighted by Gasteiger charge is -2.04. The lowest BCUT2D eigenvalue weighted by molar-refractivity contribution is 0.129. The fourth-order valence-corrected chi connectivity index (χ4v) is 0.683. The first-order chi connectivity index (χ1) is 4.00. The molecule has 0 aromatic heterocycles. The second kappa shape index (κ2) is 3.50. The zero-order valence-corrected chi connectivity index (χ0v) is 4.89. The van der Waals surface area contributed by atoms with Crippen LogP contribution in [0.2, 0.25) is 0 Å². The smallest absolute Gasteiger partial charge is 0.107 e. The van der Waals surface area contributed by atoms with Crippen molar-refractivity contribution >= 4 is 0 Å². The molecule has 0 unspecified atom stereocenters. The molecule has 46 valence electrons. The van der Waals surface area contributed by atoms with Gasteiger partial charge < -0.3 is 4.84 Å². The number of allylic oxidation sites excluding steroid dienone is 1. The molecule has 0 aliphatic carbocycles. The van der Waals surface area contributed by atoms with Crippen molar-refractivity contribution in [3.8, 4) is 0 Å². The van der Waals surface area contributed by atoms with Gasteiger partial charge in [0.1, 0.15) is 6.26 Å². The third kappa shape index (κ3) is 1.98. The molecule has 2 nitrogen and oxygen atoms in total. The molecule has 0 bridgehead atoms. The molecule has 1 rings (SSSR count). The Morgan fingerprint density at radius 1 is 1.38 bits per heavy atom. The van der Waals surface area contributed by atoms with Gasteiger partial charge in [0.2, 0.25) is 0 Å². The lowest BCUT2D eigenvalue weighted by atomic mass is 10.2. The van der Waals surface area contributed by atoms with Gasteiger partial charge in [0, 0.05) is 6.54 Å². The van der Waals surface area contributed by atoms with Gasteiger partial charge in [0.15, 0.2) is 0 Å². The molecule has 0 saturated carbocycles. The second-order valence-electron chi connectivity index (χ2n) is 1.88. The first-order valence-corrected chi connectivity index (χ1v) is 3.03. The number of hydrogen-bond acceptors (Lipinski definition) is 2. The Morgan fingerprint density at radius 2 is 2.38 bits per heavy atom. The van der Waals surface area contributed by atoms with E-state index in [1.165, 1.54) is 12.8 Å². The van der Waals surface area contributed by atoms with Gasteiger partial charge in [-0.05, 0) is 25.3 Å². The highest BCUT2D eigenvalue weighted by molar-refractivity contribution is 4.73. The Balaban J connectivity index is 2.17. The standard InChI is InChI=1S/C6H11NO/c1-2-4-6-8-7-5-3-1/h4,6-7H,1-3,5H2. The normalized spacial score (nSPS) is 21.0. The van der Waals surface area contributed by atoms with Crippen LogP contribution >= 0.6 is 0 Å². The molecule has 0 spiro atoms. The summed E-state index contributed by atoms with van der Waals surface area (Å²) in [6.07, 6.45) is 7.38. The van der Waals surface area contributed by atoms with E-state index in [1.807, 2.05) is 6.08 Å². The quantitative estimate of drug-likeness (QED) is 0.509. The van der Waals surface area contributed by atoms with E-state index in [-0.39, 0.29) is 0 Å². The SMILES string of the molecule is C1=CONCCCC1. The third-order valence-corrected chi connectivity index (χ3v) is 1.15. The van der Waals surface area contributed by atoms with E-state index in [9.17, 15) is 0 Å². The molecule has 8 heavy (non-hydrogen) atoms. The van der Waals surface area contributed by atoms with E-state index >= 15 is 0 Å². The average molecular weight is 113 g/mol. The zero-order chi connectivity index (χ0) is 5.66. The fraction of sp³-hybridized carbons (Fsp3) is 0.667. The van der Waals surface area contributed by atoms with Crippen LogP contribution in [0.15, 0.2) is 12.3 Å². The van der Waals surface area contributed by atoms with Gasteiger partial charge in [-0.1, -0.05) is 0 Å². The van der Waals surface area contributed by atoms with Crippen LogP contribution in [0.4, 0.5) is 0 Å². The maximum absolute atomic E-state index is 4.84. The molecule has 0 fully saturated rings. The molecule has 0 atom stereocenters. The van der Waals surface area contributed by atoms with Crippen molar-refractivity contribution in [2.75, 3.05) is 6.54 Å². The summed E-state index contributed by atoms with van der Waals surface area (Å²) in [5, 5.41) is 0. The van der Waals surface area contributed by atoms with Gasteiger partial charge in [0.05, 0.1) is 0 Å². The molecule has 1 aliphatic rings. The van der Waals surface area contributed by atoms with Crippen molar-refractivity contribution in [2.45, 2.75) is 19.3 Å². The molecule has 1 heterocycles. The van der Waals surface area contributed by atoms with Crippen molar-refractivity contribution in [1.82, 2.24) is 5.48 Å². The summed E-state index contributed by atoms with van der Waals surface area (Å²) in [6.45, 7) is 0.977. The van der Waals surface area contributed by atoms with Crippen molar-refractivity contribution < 1.29 is 4.84 Å². The van der Waals surface area contributed by atoms with E-state index in [0.717, 1.165) is 13.0 Å². The predicted molar refractivity (Wildman–Crippen MR) is 32.1 cm³/mol. The van der Waals surface area contributed by atoms with Crippen LogP contribution in [0.25, 0.3) is 0 Å². The number of hydrogen-bond donors (Lipinski definition) is 1. The number of rotatable bonds is 0. The first kappa shape index (κ1) is 5.63. The van der Waals surface area contributed by atoms with E-state index in [4.69, 9.17) is 4.84 Å². The molecule has 1 N–H and O–H groups in total. The third-order valence-electron chi connectivity index (χ3n) is 1.15. The van der Waals surface area contributed by atoms with Gasteiger partial charge in [-0.15, -0.1) is 0 Å². The van der Waals surface area contributed by atoms with Crippen molar-refractivity contribution in [2.24, 2.45) is 0 Å². The Morgan fingerprint density at radius 3 is 3.38 bits per heavy atom.